The van der Waals surface area contributed by atoms with E-state index in [1.165, 1.54) is 13.8 Å². The number of nitrogens with one attached hydrogen (secondary N) is 2. The number of phosphoric acid groups is 3. The molecule has 28 nitrogen and oxygen atoms in total. The van der Waals surface area contributed by atoms with Crippen molar-refractivity contribution in [1.82, 2.24) is 30.2 Å². The van der Waals surface area contributed by atoms with E-state index in [4.69, 9.17) is 31.0 Å². The highest BCUT2D eigenvalue weighted by Gasteiger charge is 2.50. The fourth-order valence-corrected chi connectivity index (χ4v) is 9.44. The van der Waals surface area contributed by atoms with Gasteiger partial charge in [0.25, 0.3) is 0 Å². The van der Waals surface area contributed by atoms with Crippen molar-refractivity contribution in [2.75, 3.05) is 43.5 Å². The number of anilines is 1. The van der Waals surface area contributed by atoms with Gasteiger partial charge in [-0.1, -0.05) is 25.6 Å². The summed E-state index contributed by atoms with van der Waals surface area (Å²) < 4.78 is 62.1. The molecular formula is C28H48N9O19P3S2. The van der Waals surface area contributed by atoms with Crippen molar-refractivity contribution in [2.24, 2.45) is 16.9 Å². The largest absolute Gasteiger partial charge is 0.481 e. The third-order valence-electron chi connectivity index (χ3n) is 8.16. The number of amides is 2. The molecule has 1 aliphatic heterocycles. The predicted molar refractivity (Wildman–Crippen MR) is 212 cm³/mol. The number of fused-ring (bicyclic) bond motifs is 1. The van der Waals surface area contributed by atoms with Gasteiger partial charge in [-0.05, 0) is 0 Å². The fraction of sp³-hybridized carbons (Fsp3) is 0.679. The zero-order chi connectivity index (χ0) is 45.9. The van der Waals surface area contributed by atoms with Crippen LogP contribution in [0.15, 0.2) is 12.7 Å². The van der Waals surface area contributed by atoms with Crippen LogP contribution in [0.4, 0.5) is 5.82 Å². The summed E-state index contributed by atoms with van der Waals surface area (Å²) in [5.74, 6) is -1.33. The molecule has 15 N–H and O–H groups in total. The van der Waals surface area contributed by atoms with Crippen LogP contribution in [0.3, 0.4) is 0 Å². The number of nitrogens with two attached hydrogens (primary N) is 3. The van der Waals surface area contributed by atoms with Crippen LogP contribution < -0.4 is 27.8 Å². The molecule has 1 saturated heterocycles. The number of aromatic nitrogens is 4. The molecule has 0 radical (unpaired) electrons. The minimum Gasteiger partial charge on any atom is -0.386 e. The summed E-state index contributed by atoms with van der Waals surface area (Å²) >= 11 is 1.80. The summed E-state index contributed by atoms with van der Waals surface area (Å²) in [5, 5.41) is 35.8. The zero-order valence-electron chi connectivity index (χ0n) is 32.2. The van der Waals surface area contributed by atoms with E-state index in [-0.39, 0.29) is 54.4 Å². The van der Waals surface area contributed by atoms with Gasteiger partial charge in [-0.3, -0.25) is 32.5 Å². The van der Waals surface area contributed by atoms with Crippen LogP contribution in [-0.4, -0.2) is 157 Å². The Balaban J connectivity index is 1.43. The number of aliphatic hydroxyl groups excluding tert-OH is 3. The second-order valence-corrected chi connectivity index (χ2v) is 20.2. The highest BCUT2D eigenvalue weighted by atomic mass is 32.2. The maximum absolute atomic E-state index is 12.7. The van der Waals surface area contributed by atoms with Gasteiger partial charge >= 0.3 is 23.5 Å². The Labute approximate surface area is 354 Å². The lowest BCUT2D eigenvalue weighted by molar-refractivity contribution is -0.137. The molecule has 2 amide bonds. The number of ether oxygens (including phenoxy) is 1. The quantitative estimate of drug-likeness (QED) is 0.0193. The molecule has 346 valence electrons. The van der Waals surface area contributed by atoms with E-state index in [9.17, 15) is 67.8 Å². The van der Waals surface area contributed by atoms with Crippen molar-refractivity contribution < 1.29 is 90.4 Å². The fourth-order valence-electron chi connectivity index (χ4n) is 5.03. The summed E-state index contributed by atoms with van der Waals surface area (Å²) in [6.07, 6.45) is -6.70. The van der Waals surface area contributed by atoms with Crippen LogP contribution in [0.25, 0.3) is 11.2 Å². The smallest absolute Gasteiger partial charge is 0.386 e. The van der Waals surface area contributed by atoms with E-state index < -0.39 is 107 Å². The Morgan fingerprint density at radius 3 is 2.38 bits per heavy atom. The van der Waals surface area contributed by atoms with Crippen LogP contribution in [-0.2, 0) is 55.5 Å². The molecule has 2 aromatic heterocycles. The molecule has 0 aromatic carbocycles. The van der Waals surface area contributed by atoms with E-state index in [1.807, 2.05) is 0 Å². The molecule has 61 heavy (non-hydrogen) atoms. The third-order valence-corrected chi connectivity index (χ3v) is 13.4. The molecule has 1 fully saturated rings. The van der Waals surface area contributed by atoms with Gasteiger partial charge in [0.15, 0.2) is 17.7 Å². The highest BCUT2D eigenvalue weighted by molar-refractivity contribution is 8.13. The molecule has 0 bridgehead atoms. The van der Waals surface area contributed by atoms with E-state index >= 15 is 0 Å². The van der Waals surface area contributed by atoms with E-state index in [0.29, 0.717) is 6.29 Å². The first kappa shape index (κ1) is 52.8. The van der Waals surface area contributed by atoms with Crippen molar-refractivity contribution in [3.05, 3.63) is 12.7 Å². The molecule has 0 spiro atoms. The number of phosphoric ester groups is 3. The molecular weight excluding hydrogens is 923 g/mol. The first-order valence-electron chi connectivity index (χ1n) is 17.6. The number of aliphatic hydroxyl groups is 3. The molecule has 10 unspecified atom stereocenters. The van der Waals surface area contributed by atoms with Crippen LogP contribution in [0, 0.1) is 5.41 Å². The number of carbonyl (C=O) groups is 4. The monoisotopic (exact) mass is 971 g/mol. The van der Waals surface area contributed by atoms with Crippen LogP contribution in [0.1, 0.15) is 32.9 Å². The van der Waals surface area contributed by atoms with E-state index in [0.717, 1.165) is 40.7 Å². The van der Waals surface area contributed by atoms with Gasteiger partial charge in [-0.2, -0.15) is 4.31 Å². The second-order valence-electron chi connectivity index (χ2n) is 13.7. The van der Waals surface area contributed by atoms with Crippen molar-refractivity contribution in [1.29, 1.82) is 0 Å². The first-order chi connectivity index (χ1) is 28.3. The predicted octanol–water partition coefficient (Wildman–Crippen LogP) is -3.04. The number of rotatable bonds is 26. The number of aldehydes is 1. The maximum atomic E-state index is 12.7. The lowest BCUT2D eigenvalue weighted by Gasteiger charge is -2.30. The SMILES string of the molecule is CC(C)(COP(=O)(O)OP(=O)(O)OCC1OC(n2cnc3c(N)ncnc32)C(O)C1OP(=O)(O)O)C(O)C(=O)NCCC(=O)NCCSC(=O)C(N)CC(O)SCC(N)C=O. The van der Waals surface area contributed by atoms with Crippen molar-refractivity contribution >= 4 is 87.2 Å². The number of hydrogen-bond donors (Lipinski definition) is 12. The van der Waals surface area contributed by atoms with Gasteiger partial charge in [0, 0.05) is 42.9 Å². The zero-order valence-corrected chi connectivity index (χ0v) is 36.5. The average molecular weight is 972 g/mol. The number of thioether (sulfide) groups is 2. The minimum atomic E-state index is -5.60. The highest BCUT2D eigenvalue weighted by Crippen LogP contribution is 2.61. The lowest BCUT2D eigenvalue weighted by atomic mass is 9.87. The molecule has 1 aliphatic rings. The Bertz CT molecular complexity index is 1980. The van der Waals surface area contributed by atoms with Gasteiger partial charge in [-0.25, -0.2) is 28.6 Å². The molecule has 0 aliphatic carbocycles. The van der Waals surface area contributed by atoms with Gasteiger partial charge in [0.1, 0.15) is 48.0 Å². The van der Waals surface area contributed by atoms with Gasteiger partial charge in [0.05, 0.1) is 31.6 Å². The topological polar surface area (TPSA) is 453 Å². The Hall–Kier alpha value is -2.54. The Morgan fingerprint density at radius 1 is 1.05 bits per heavy atom. The molecule has 10 atom stereocenters. The van der Waals surface area contributed by atoms with Gasteiger partial charge < -0.3 is 72.3 Å². The Morgan fingerprint density at radius 2 is 1.72 bits per heavy atom. The third kappa shape index (κ3) is 16.8. The standard InChI is InChI=1S/C28H48N9O19P3S2/c1-28(2,22(42)25(43)33-4-3-17(39)32-5-6-60-27(44)15(30)7-18(40)61-10-14(29)8-38)11-53-59(50,51)56-58(48,49)52-9-16-21(55-57(45,46)47)20(41)26(54-16)37-13-36-19-23(31)34-12-35-24(19)37/h8,12-16,18,20-22,26,40-42H,3-7,9-11,29-30H2,1-2H3,(H,32,39)(H,33,43)(H,48,49)(H,50,51)(H2,31,34,35)(H2,45,46,47). The summed E-state index contributed by atoms with van der Waals surface area (Å²) in [6.45, 7) is 0.137. The molecule has 0 saturated carbocycles. The molecule has 33 heteroatoms. The molecule has 3 rings (SSSR count). The Kier molecular flexibility index (Phi) is 19.8. The van der Waals surface area contributed by atoms with Gasteiger partial charge in [-0.15, -0.1) is 11.8 Å². The second kappa shape index (κ2) is 22.9. The number of nitrogen functional groups attached to an aromatic ring is 1. The number of nitrogens with zero attached hydrogens (tertiary/aromatic N) is 4. The minimum absolute atomic E-state index is 0.0161. The molecule has 3 heterocycles. The van der Waals surface area contributed by atoms with Crippen molar-refractivity contribution in [3.63, 3.8) is 0 Å². The van der Waals surface area contributed by atoms with Crippen LogP contribution in [0.2, 0.25) is 0 Å². The maximum Gasteiger partial charge on any atom is 0.481 e. The van der Waals surface area contributed by atoms with E-state index in [1.54, 1.807) is 0 Å². The number of hydrogen-bond acceptors (Lipinski definition) is 23. The van der Waals surface area contributed by atoms with E-state index in [2.05, 4.69) is 34.4 Å². The summed E-state index contributed by atoms with van der Waals surface area (Å²) in [6, 6.07) is -1.77. The van der Waals surface area contributed by atoms with Gasteiger partial charge in [0.2, 0.25) is 16.9 Å². The summed E-state index contributed by atoms with van der Waals surface area (Å²) in [7, 11) is -16.5. The average Bonchev–Trinajstić information content (AvgIpc) is 3.73. The van der Waals surface area contributed by atoms with Crippen LogP contribution in [0.5, 0.6) is 0 Å². The summed E-state index contributed by atoms with van der Waals surface area (Å²) in [5.41, 5.74) is 14.4. The normalized spacial score (nSPS) is 22.4. The summed E-state index contributed by atoms with van der Waals surface area (Å²) in [4.78, 5) is 98.5. The lowest BCUT2D eigenvalue weighted by Crippen LogP contribution is -2.46. The number of imidazole rings is 1. The van der Waals surface area contributed by atoms with Crippen LogP contribution >= 0.6 is 47.0 Å². The van der Waals surface area contributed by atoms with Crippen molar-refractivity contribution in [3.8, 4) is 0 Å². The number of carbonyl (C=O) groups excluding carboxylic acids is 4. The first-order valence-corrected chi connectivity index (χ1v) is 24.1. The van der Waals surface area contributed by atoms with Crippen molar-refractivity contribution in [2.45, 2.75) is 74.9 Å². The molecule has 2 aromatic rings.